The molecule has 0 saturated heterocycles. The molecule has 2 atom stereocenters. The Hall–Kier alpha value is 0.580. The van der Waals surface area contributed by atoms with E-state index in [4.69, 9.17) is 15.0 Å². The summed E-state index contributed by atoms with van der Waals surface area (Å²) in [6, 6.07) is 0. The fourth-order valence-electron chi connectivity index (χ4n) is 0.983. The van der Waals surface area contributed by atoms with Gasteiger partial charge in [-0.3, -0.25) is 0 Å². The topological polar surface area (TPSA) is 55.5 Å². The van der Waals surface area contributed by atoms with Crippen LogP contribution in [0.25, 0.3) is 0 Å². The smallest absolute Gasteiger partial charge is 0.0704 e. The van der Waals surface area contributed by atoms with Gasteiger partial charge in [0.25, 0.3) is 0 Å². The molecule has 0 rings (SSSR count). The van der Waals surface area contributed by atoms with Crippen LogP contribution >= 0.6 is 21.0 Å². The second-order valence-electron chi connectivity index (χ2n) is 3.22. The van der Waals surface area contributed by atoms with Crippen molar-refractivity contribution in [3.63, 3.8) is 0 Å². The quantitative estimate of drug-likeness (QED) is 0.454. The van der Waals surface area contributed by atoms with Gasteiger partial charge >= 0.3 is 0 Å². The molecule has 0 fully saturated rings. The van der Waals surface area contributed by atoms with Gasteiger partial charge in [-0.05, 0) is 32.6 Å². The molecule has 13 heavy (non-hydrogen) atoms. The molecular weight excluding hydrogens is 206 g/mol. The standard InChI is InChI=1S/C8H21NO2S2/c1-8(4-6-10)11-13(2,12)7-3-5-9/h8,10,12H,3-7,9H2,1-2H3. The van der Waals surface area contributed by atoms with Crippen LogP contribution in [-0.4, -0.2) is 36.4 Å². The van der Waals surface area contributed by atoms with Crippen molar-refractivity contribution in [1.82, 2.24) is 0 Å². The normalized spacial score (nSPS) is 20.7. The van der Waals surface area contributed by atoms with Gasteiger partial charge in [-0.1, -0.05) is 9.34 Å². The second-order valence-corrected chi connectivity index (χ2v) is 8.06. The Morgan fingerprint density at radius 2 is 2.23 bits per heavy atom. The van der Waals surface area contributed by atoms with Crippen LogP contribution in [0.15, 0.2) is 0 Å². The van der Waals surface area contributed by atoms with Crippen molar-refractivity contribution in [2.45, 2.75) is 25.9 Å². The first-order valence-corrected chi connectivity index (χ1v) is 7.68. The SMILES string of the molecule is CC(CCO)OS(C)(S)CCCN. The van der Waals surface area contributed by atoms with Crippen LogP contribution in [-0.2, 0) is 4.18 Å². The molecule has 0 amide bonds. The maximum atomic E-state index is 8.69. The maximum Gasteiger partial charge on any atom is 0.0704 e. The third-order valence-electron chi connectivity index (χ3n) is 1.63. The maximum absolute atomic E-state index is 8.69. The molecule has 2 unspecified atom stereocenters. The Kier molecular flexibility index (Phi) is 7.26. The highest BCUT2D eigenvalue weighted by Crippen LogP contribution is 2.51. The van der Waals surface area contributed by atoms with Crippen molar-refractivity contribution >= 4 is 21.0 Å². The molecule has 0 spiro atoms. The molecule has 0 radical (unpaired) electrons. The van der Waals surface area contributed by atoms with E-state index in [0.717, 1.165) is 12.2 Å². The summed E-state index contributed by atoms with van der Waals surface area (Å²) in [5.41, 5.74) is 5.41. The van der Waals surface area contributed by atoms with E-state index in [2.05, 4.69) is 11.7 Å². The van der Waals surface area contributed by atoms with Gasteiger partial charge in [0.15, 0.2) is 0 Å². The minimum atomic E-state index is -1.26. The van der Waals surface area contributed by atoms with E-state index in [9.17, 15) is 0 Å². The summed E-state index contributed by atoms with van der Waals surface area (Å²) in [5, 5.41) is 8.69. The van der Waals surface area contributed by atoms with Crippen LogP contribution in [0.1, 0.15) is 19.8 Å². The molecule has 0 aliphatic carbocycles. The molecule has 0 aromatic heterocycles. The fraction of sp³-hybridized carbons (Fsp3) is 1.00. The lowest BCUT2D eigenvalue weighted by Gasteiger charge is -2.32. The van der Waals surface area contributed by atoms with Crippen molar-refractivity contribution in [2.75, 3.05) is 25.2 Å². The lowest BCUT2D eigenvalue weighted by molar-refractivity contribution is 0.188. The second kappa shape index (κ2) is 6.95. The van der Waals surface area contributed by atoms with Gasteiger partial charge in [-0.15, -0.1) is 11.7 Å². The lowest BCUT2D eigenvalue weighted by Crippen LogP contribution is -2.14. The Morgan fingerprint density at radius 3 is 2.69 bits per heavy atom. The summed E-state index contributed by atoms with van der Waals surface area (Å²) in [6.45, 7) is 2.81. The van der Waals surface area contributed by atoms with Gasteiger partial charge < -0.3 is 15.0 Å². The van der Waals surface area contributed by atoms with E-state index in [1.807, 2.05) is 13.2 Å². The first-order valence-electron chi connectivity index (χ1n) is 4.49. The molecule has 0 aliphatic heterocycles. The molecule has 0 aliphatic rings. The van der Waals surface area contributed by atoms with Crippen molar-refractivity contribution in [3.05, 3.63) is 0 Å². The monoisotopic (exact) mass is 227 g/mol. The number of nitrogens with two attached hydrogens (primary N) is 1. The first kappa shape index (κ1) is 13.6. The molecule has 0 aromatic carbocycles. The third-order valence-corrected chi connectivity index (χ3v) is 4.23. The van der Waals surface area contributed by atoms with Crippen molar-refractivity contribution in [2.24, 2.45) is 5.73 Å². The van der Waals surface area contributed by atoms with Gasteiger partial charge in [0.2, 0.25) is 0 Å². The van der Waals surface area contributed by atoms with Crippen molar-refractivity contribution in [1.29, 1.82) is 0 Å². The number of aliphatic hydroxyl groups excluding tert-OH is 1. The lowest BCUT2D eigenvalue weighted by atomic mass is 10.3. The van der Waals surface area contributed by atoms with Crippen LogP contribution in [0, 0.1) is 0 Å². The third kappa shape index (κ3) is 7.64. The minimum Gasteiger partial charge on any atom is -0.396 e. The van der Waals surface area contributed by atoms with E-state index < -0.39 is 9.34 Å². The van der Waals surface area contributed by atoms with Crippen LogP contribution in [0.2, 0.25) is 0 Å². The first-order chi connectivity index (χ1) is 6.02. The average molecular weight is 227 g/mol. The number of aliphatic hydroxyl groups is 1. The highest BCUT2D eigenvalue weighted by Gasteiger charge is 2.16. The Labute approximate surface area is 87.4 Å². The molecule has 0 heterocycles. The van der Waals surface area contributed by atoms with Crippen molar-refractivity contribution in [3.8, 4) is 0 Å². The molecular formula is C8H21NO2S2. The van der Waals surface area contributed by atoms with E-state index in [1.165, 1.54) is 0 Å². The minimum absolute atomic E-state index is 0.0836. The zero-order valence-electron chi connectivity index (χ0n) is 8.40. The molecule has 5 heteroatoms. The van der Waals surface area contributed by atoms with E-state index in [0.29, 0.717) is 13.0 Å². The molecule has 0 saturated carbocycles. The number of hydrogen-bond donors (Lipinski definition) is 3. The largest absolute Gasteiger partial charge is 0.396 e. The summed E-state index contributed by atoms with van der Waals surface area (Å²) in [5.74, 6) is 0.919. The predicted octanol–water partition coefficient (Wildman–Crippen LogP) is 1.32. The van der Waals surface area contributed by atoms with Crippen LogP contribution in [0.5, 0.6) is 0 Å². The fourth-order valence-corrected chi connectivity index (χ4v) is 3.41. The van der Waals surface area contributed by atoms with E-state index >= 15 is 0 Å². The van der Waals surface area contributed by atoms with Gasteiger partial charge in [-0.25, -0.2) is 0 Å². The van der Waals surface area contributed by atoms with Gasteiger partial charge in [0.05, 0.1) is 6.10 Å². The van der Waals surface area contributed by atoms with Crippen LogP contribution in [0.3, 0.4) is 0 Å². The molecule has 3 N–H and O–H groups in total. The Balaban J connectivity index is 3.71. The summed E-state index contributed by atoms with van der Waals surface area (Å²) in [6.07, 6.45) is 3.72. The molecule has 3 nitrogen and oxygen atoms in total. The molecule has 0 bridgehead atoms. The predicted molar refractivity (Wildman–Crippen MR) is 63.3 cm³/mol. The molecule has 0 aromatic rings. The highest BCUT2D eigenvalue weighted by atomic mass is 33.1. The van der Waals surface area contributed by atoms with Gasteiger partial charge in [0.1, 0.15) is 0 Å². The summed E-state index contributed by atoms with van der Waals surface area (Å²) in [4.78, 5) is 0. The number of rotatable bonds is 7. The summed E-state index contributed by atoms with van der Waals surface area (Å²) in [7, 11) is -1.26. The van der Waals surface area contributed by atoms with E-state index in [-0.39, 0.29) is 12.7 Å². The Morgan fingerprint density at radius 1 is 1.62 bits per heavy atom. The van der Waals surface area contributed by atoms with Crippen molar-refractivity contribution < 1.29 is 9.29 Å². The van der Waals surface area contributed by atoms with Crippen LogP contribution in [0.4, 0.5) is 0 Å². The van der Waals surface area contributed by atoms with Gasteiger partial charge in [0, 0.05) is 12.4 Å². The number of hydrogen-bond acceptors (Lipinski definition) is 4. The number of thiol groups is 1. The summed E-state index contributed by atoms with van der Waals surface area (Å²) < 4.78 is 5.71. The van der Waals surface area contributed by atoms with E-state index in [1.54, 1.807) is 0 Å². The van der Waals surface area contributed by atoms with Gasteiger partial charge in [-0.2, -0.15) is 0 Å². The zero-order chi connectivity index (χ0) is 10.3. The molecule has 82 valence electrons. The summed E-state index contributed by atoms with van der Waals surface area (Å²) >= 11 is 4.48. The highest BCUT2D eigenvalue weighted by molar-refractivity contribution is 8.85. The van der Waals surface area contributed by atoms with Crippen LogP contribution < -0.4 is 5.73 Å². The zero-order valence-corrected chi connectivity index (χ0v) is 10.1. The average Bonchev–Trinajstić information content (AvgIpc) is 2.00. The Bertz CT molecular complexity index is 133.